The maximum atomic E-state index is 11.1. The van der Waals surface area contributed by atoms with Crippen molar-refractivity contribution in [1.82, 2.24) is 4.98 Å². The Balaban J connectivity index is 2.39. The zero-order chi connectivity index (χ0) is 14.9. The average Bonchev–Trinajstić information content (AvgIpc) is 2.71. The number of nitro groups is 1. The van der Waals surface area contributed by atoms with E-state index in [1.54, 1.807) is 6.92 Å². The Hall–Kier alpha value is -1.44. The van der Waals surface area contributed by atoms with E-state index in [9.17, 15) is 15.2 Å². The van der Waals surface area contributed by atoms with E-state index < -0.39 is 11.0 Å². The van der Waals surface area contributed by atoms with Crippen LogP contribution in [0.2, 0.25) is 0 Å². The molecular weight excluding hydrogens is 296 g/mol. The molecule has 0 amide bonds. The second-order valence-electron chi connectivity index (χ2n) is 4.48. The molecule has 20 heavy (non-hydrogen) atoms. The fourth-order valence-corrected chi connectivity index (χ4v) is 4.11. The molecule has 0 saturated carbocycles. The standard InChI is InChI=1S/C13H14N2O3S2/c1-7-4-8(2)14-12(5-7)20-13-10(15(17)18)6-11(19-13)9(3)16/h4-6,9,16H,1-3H3/t9-/m1/s1. The van der Waals surface area contributed by atoms with Gasteiger partial charge in [0.1, 0.15) is 9.24 Å². The van der Waals surface area contributed by atoms with Gasteiger partial charge in [-0.25, -0.2) is 4.98 Å². The quantitative estimate of drug-likeness (QED) is 0.685. The Morgan fingerprint density at radius 2 is 2.10 bits per heavy atom. The molecule has 2 aromatic rings. The van der Waals surface area contributed by atoms with E-state index in [4.69, 9.17) is 0 Å². The van der Waals surface area contributed by atoms with Crippen molar-refractivity contribution in [3.05, 3.63) is 44.4 Å². The van der Waals surface area contributed by atoms with Gasteiger partial charge in [-0.15, -0.1) is 11.3 Å². The number of aliphatic hydroxyl groups is 1. The van der Waals surface area contributed by atoms with Gasteiger partial charge in [0.2, 0.25) is 0 Å². The molecule has 0 radical (unpaired) electrons. The van der Waals surface area contributed by atoms with Crippen molar-refractivity contribution in [2.75, 3.05) is 0 Å². The highest BCUT2D eigenvalue weighted by Crippen LogP contribution is 2.42. The number of hydrogen-bond acceptors (Lipinski definition) is 6. The summed E-state index contributed by atoms with van der Waals surface area (Å²) in [6, 6.07) is 5.28. The van der Waals surface area contributed by atoms with E-state index in [1.807, 2.05) is 26.0 Å². The summed E-state index contributed by atoms with van der Waals surface area (Å²) in [7, 11) is 0. The van der Waals surface area contributed by atoms with Crippen LogP contribution in [-0.4, -0.2) is 15.0 Å². The fraction of sp³-hybridized carbons (Fsp3) is 0.308. The molecule has 0 unspecified atom stereocenters. The lowest BCUT2D eigenvalue weighted by atomic mass is 10.3. The Morgan fingerprint density at radius 1 is 1.40 bits per heavy atom. The number of aliphatic hydroxyl groups excluding tert-OH is 1. The first-order valence-corrected chi connectivity index (χ1v) is 7.59. The third-order valence-corrected chi connectivity index (χ3v) is 4.98. The minimum absolute atomic E-state index is 0.0249. The number of rotatable bonds is 4. The largest absolute Gasteiger partial charge is 0.388 e. The van der Waals surface area contributed by atoms with E-state index in [0.29, 0.717) is 9.09 Å². The van der Waals surface area contributed by atoms with Gasteiger partial charge in [0.15, 0.2) is 0 Å². The van der Waals surface area contributed by atoms with Gasteiger partial charge in [-0.3, -0.25) is 10.1 Å². The van der Waals surface area contributed by atoms with Crippen LogP contribution in [0, 0.1) is 24.0 Å². The Kier molecular flexibility index (Phi) is 4.42. The lowest BCUT2D eigenvalue weighted by Gasteiger charge is -2.02. The second-order valence-corrected chi connectivity index (χ2v) is 6.85. The first-order valence-electron chi connectivity index (χ1n) is 5.96. The number of pyridine rings is 1. The van der Waals surface area contributed by atoms with Crippen LogP contribution in [0.3, 0.4) is 0 Å². The van der Waals surface area contributed by atoms with Crippen LogP contribution in [0.1, 0.15) is 29.2 Å². The monoisotopic (exact) mass is 310 g/mol. The molecule has 7 heteroatoms. The minimum Gasteiger partial charge on any atom is -0.388 e. The van der Waals surface area contributed by atoms with Crippen molar-refractivity contribution >= 4 is 28.8 Å². The SMILES string of the molecule is Cc1cc(C)nc(Sc2sc([C@@H](C)O)cc2[N+](=O)[O-])c1. The molecule has 0 saturated heterocycles. The topological polar surface area (TPSA) is 76.3 Å². The molecule has 0 aliphatic carbocycles. The second kappa shape index (κ2) is 5.90. The van der Waals surface area contributed by atoms with E-state index in [0.717, 1.165) is 16.3 Å². The molecule has 1 atom stereocenters. The van der Waals surface area contributed by atoms with Crippen molar-refractivity contribution in [3.8, 4) is 0 Å². The maximum absolute atomic E-state index is 11.1. The van der Waals surface area contributed by atoms with Gasteiger partial charge in [-0.1, -0.05) is 11.8 Å². The number of aryl methyl sites for hydroxylation is 2. The molecular formula is C13H14N2O3S2. The van der Waals surface area contributed by atoms with Crippen molar-refractivity contribution in [3.63, 3.8) is 0 Å². The molecule has 0 spiro atoms. The van der Waals surface area contributed by atoms with Gasteiger partial charge < -0.3 is 5.11 Å². The number of nitrogens with zero attached hydrogens (tertiary/aromatic N) is 2. The van der Waals surface area contributed by atoms with Gasteiger partial charge in [-0.05, 0) is 38.5 Å². The zero-order valence-electron chi connectivity index (χ0n) is 11.3. The predicted octanol–water partition coefficient (Wildman–Crippen LogP) is 3.87. The summed E-state index contributed by atoms with van der Waals surface area (Å²) >= 11 is 2.50. The third kappa shape index (κ3) is 3.36. The van der Waals surface area contributed by atoms with Gasteiger partial charge in [0, 0.05) is 16.6 Å². The molecule has 5 nitrogen and oxygen atoms in total. The first kappa shape index (κ1) is 15.0. The summed E-state index contributed by atoms with van der Waals surface area (Å²) in [4.78, 5) is 15.6. The van der Waals surface area contributed by atoms with Crippen LogP contribution in [-0.2, 0) is 0 Å². The van der Waals surface area contributed by atoms with Crippen molar-refractivity contribution in [2.45, 2.75) is 36.1 Å². The molecule has 1 N–H and O–H groups in total. The Morgan fingerprint density at radius 3 is 2.65 bits per heavy atom. The smallest absolute Gasteiger partial charge is 0.294 e. The molecule has 0 aromatic carbocycles. The summed E-state index contributed by atoms with van der Waals surface area (Å²) in [5, 5.41) is 21.4. The van der Waals surface area contributed by atoms with Crippen LogP contribution in [0.4, 0.5) is 5.69 Å². The van der Waals surface area contributed by atoms with E-state index in [-0.39, 0.29) is 5.69 Å². The number of hydrogen-bond donors (Lipinski definition) is 1. The summed E-state index contributed by atoms with van der Waals surface area (Å²) in [5.74, 6) is 0. The summed E-state index contributed by atoms with van der Waals surface area (Å²) in [6.45, 7) is 5.45. The molecule has 2 aromatic heterocycles. The van der Waals surface area contributed by atoms with Crippen LogP contribution >= 0.6 is 23.1 Å². The molecule has 0 aliphatic rings. The van der Waals surface area contributed by atoms with Gasteiger partial charge >= 0.3 is 0 Å². The molecule has 0 aliphatic heterocycles. The Bertz CT molecular complexity index is 633. The van der Waals surface area contributed by atoms with E-state index in [1.165, 1.54) is 29.2 Å². The van der Waals surface area contributed by atoms with E-state index in [2.05, 4.69) is 4.98 Å². The first-order chi connectivity index (χ1) is 9.36. The summed E-state index contributed by atoms with van der Waals surface area (Å²) in [6.07, 6.45) is -0.708. The predicted molar refractivity (Wildman–Crippen MR) is 79.4 cm³/mol. The Labute approximate surface area is 124 Å². The normalized spacial score (nSPS) is 12.4. The molecule has 2 heterocycles. The maximum Gasteiger partial charge on any atom is 0.294 e. The molecule has 0 fully saturated rings. The lowest BCUT2D eigenvalue weighted by Crippen LogP contribution is -1.89. The van der Waals surface area contributed by atoms with Gasteiger partial charge in [-0.2, -0.15) is 0 Å². The van der Waals surface area contributed by atoms with Crippen LogP contribution in [0.25, 0.3) is 0 Å². The highest BCUT2D eigenvalue weighted by atomic mass is 32.2. The van der Waals surface area contributed by atoms with Crippen LogP contribution in [0.5, 0.6) is 0 Å². The van der Waals surface area contributed by atoms with E-state index >= 15 is 0 Å². The summed E-state index contributed by atoms with van der Waals surface area (Å²) in [5.41, 5.74) is 1.97. The number of aromatic nitrogens is 1. The highest BCUT2D eigenvalue weighted by Gasteiger charge is 2.22. The van der Waals surface area contributed by atoms with Crippen LogP contribution < -0.4 is 0 Å². The summed E-state index contributed by atoms with van der Waals surface area (Å²) < 4.78 is 0.545. The fourth-order valence-electron chi connectivity index (χ4n) is 1.74. The minimum atomic E-state index is -0.708. The van der Waals surface area contributed by atoms with Crippen molar-refractivity contribution in [2.24, 2.45) is 0 Å². The molecule has 0 bridgehead atoms. The highest BCUT2D eigenvalue weighted by molar-refractivity contribution is 8.01. The average molecular weight is 310 g/mol. The van der Waals surface area contributed by atoms with Gasteiger partial charge in [0.05, 0.1) is 11.0 Å². The lowest BCUT2D eigenvalue weighted by molar-refractivity contribution is -0.387. The van der Waals surface area contributed by atoms with Crippen molar-refractivity contribution < 1.29 is 10.0 Å². The molecule has 106 valence electrons. The van der Waals surface area contributed by atoms with Crippen molar-refractivity contribution in [1.29, 1.82) is 0 Å². The third-order valence-electron chi connectivity index (χ3n) is 2.58. The molecule has 2 rings (SSSR count). The van der Waals surface area contributed by atoms with Crippen LogP contribution in [0.15, 0.2) is 27.4 Å². The zero-order valence-corrected chi connectivity index (χ0v) is 12.9. The number of thiophene rings is 1. The van der Waals surface area contributed by atoms with Gasteiger partial charge in [0.25, 0.3) is 5.69 Å².